The summed E-state index contributed by atoms with van der Waals surface area (Å²) in [4.78, 5) is 25.6. The molecule has 0 spiro atoms. The lowest BCUT2D eigenvalue weighted by Gasteiger charge is -2.31. The number of sulfonamides is 1. The highest BCUT2D eigenvalue weighted by atomic mass is 32.2. The van der Waals surface area contributed by atoms with E-state index in [4.69, 9.17) is 14.2 Å². The molecule has 1 saturated heterocycles. The molecule has 1 atom stereocenters. The van der Waals surface area contributed by atoms with Crippen LogP contribution in [0.5, 0.6) is 11.5 Å². The zero-order valence-corrected chi connectivity index (χ0v) is 20.5. The fourth-order valence-corrected chi connectivity index (χ4v) is 6.40. The van der Waals surface area contributed by atoms with Crippen molar-refractivity contribution in [2.75, 3.05) is 31.8 Å². The average Bonchev–Trinajstić information content (AvgIpc) is 3.37. The van der Waals surface area contributed by atoms with Gasteiger partial charge >= 0.3 is 5.97 Å². The minimum absolute atomic E-state index is 0.0222. The molecule has 0 unspecified atom stereocenters. The van der Waals surface area contributed by atoms with Gasteiger partial charge in [0.25, 0.3) is 0 Å². The number of nitrogens with zero attached hydrogens (tertiary/aromatic N) is 2. The summed E-state index contributed by atoms with van der Waals surface area (Å²) in [6.45, 7) is 5.59. The molecule has 0 bridgehead atoms. The Balaban J connectivity index is 1.56. The molecule has 0 aliphatic carbocycles. The molecule has 3 heterocycles. The van der Waals surface area contributed by atoms with Crippen LogP contribution in [0.3, 0.4) is 0 Å². The van der Waals surface area contributed by atoms with Crippen LogP contribution >= 0.6 is 0 Å². The van der Waals surface area contributed by atoms with E-state index in [1.54, 1.807) is 50.6 Å². The highest BCUT2D eigenvalue weighted by Gasteiger charge is 2.39. The van der Waals surface area contributed by atoms with Gasteiger partial charge in [0.15, 0.2) is 11.5 Å². The number of hydrogen-bond acceptors (Lipinski definition) is 7. The Morgan fingerprint density at radius 3 is 2.65 bits per heavy atom. The largest absolute Gasteiger partial charge is 0.462 e. The molecule has 184 valence electrons. The number of carbonyl (C=O) groups excluding carboxylic acids is 2. The fraction of sp³-hybridized carbons (Fsp3) is 0.478. The topological polar surface area (TPSA) is 116 Å². The number of carbonyl (C=O) groups is 2. The van der Waals surface area contributed by atoms with Gasteiger partial charge in [-0.05, 0) is 45.7 Å². The predicted molar refractivity (Wildman–Crippen MR) is 124 cm³/mol. The molecule has 0 saturated carbocycles. The summed E-state index contributed by atoms with van der Waals surface area (Å²) in [5.74, 6) is -0.322. The molecule has 1 amide bonds. The highest BCUT2D eigenvalue weighted by Crippen LogP contribution is 2.35. The van der Waals surface area contributed by atoms with Crippen molar-refractivity contribution in [3.63, 3.8) is 0 Å². The van der Waals surface area contributed by atoms with Crippen molar-refractivity contribution in [2.24, 2.45) is 13.0 Å². The van der Waals surface area contributed by atoms with Crippen molar-refractivity contribution < 1.29 is 32.2 Å². The van der Waals surface area contributed by atoms with Gasteiger partial charge in [-0.15, -0.1) is 0 Å². The maximum absolute atomic E-state index is 13.7. The Morgan fingerprint density at radius 1 is 1.18 bits per heavy atom. The lowest BCUT2D eigenvalue weighted by Crippen LogP contribution is -2.44. The molecule has 1 N–H and O–H groups in total. The summed E-state index contributed by atoms with van der Waals surface area (Å²) in [5, 5.41) is 2.85. The van der Waals surface area contributed by atoms with Gasteiger partial charge in [0.2, 0.25) is 22.7 Å². The summed E-state index contributed by atoms with van der Waals surface area (Å²) < 4.78 is 46.1. The fourth-order valence-electron chi connectivity index (χ4n) is 4.40. The molecule has 0 radical (unpaired) electrons. The molecule has 2 aliphatic heterocycles. The number of esters is 1. The first-order valence-electron chi connectivity index (χ1n) is 11.2. The molecular weight excluding hydrogens is 462 g/mol. The van der Waals surface area contributed by atoms with Gasteiger partial charge in [0.05, 0.1) is 12.5 Å². The zero-order chi connectivity index (χ0) is 24.6. The Hall–Kier alpha value is -3.05. The number of anilines is 1. The number of ether oxygens (including phenoxy) is 3. The number of rotatable bonds is 6. The van der Waals surface area contributed by atoms with E-state index in [1.807, 2.05) is 0 Å². The quantitative estimate of drug-likeness (QED) is 0.618. The van der Waals surface area contributed by atoms with Gasteiger partial charge in [0.1, 0.15) is 10.5 Å². The first-order chi connectivity index (χ1) is 16.1. The van der Waals surface area contributed by atoms with Crippen LogP contribution in [0.2, 0.25) is 0 Å². The minimum atomic E-state index is -4.04. The van der Waals surface area contributed by atoms with E-state index in [-0.39, 0.29) is 42.9 Å². The Morgan fingerprint density at radius 2 is 1.91 bits per heavy atom. The van der Waals surface area contributed by atoms with Gasteiger partial charge in [-0.25, -0.2) is 13.2 Å². The number of aromatic nitrogens is 1. The second-order valence-electron chi connectivity index (χ2n) is 8.41. The number of fused-ring (bicyclic) bond motifs is 1. The Labute approximate surface area is 198 Å². The molecule has 34 heavy (non-hydrogen) atoms. The zero-order valence-electron chi connectivity index (χ0n) is 19.7. The number of nitrogens with one attached hydrogen (secondary N) is 1. The van der Waals surface area contributed by atoms with Crippen molar-refractivity contribution >= 4 is 27.6 Å². The van der Waals surface area contributed by atoms with Crippen molar-refractivity contribution in [3.8, 4) is 11.5 Å². The lowest BCUT2D eigenvalue weighted by molar-refractivity contribution is -0.120. The summed E-state index contributed by atoms with van der Waals surface area (Å²) in [5.41, 5.74) is 1.57. The molecular formula is C23H29N3O7S. The summed E-state index contributed by atoms with van der Waals surface area (Å²) >= 11 is 0. The molecule has 1 aromatic carbocycles. The van der Waals surface area contributed by atoms with Gasteiger partial charge < -0.3 is 24.1 Å². The minimum Gasteiger partial charge on any atom is -0.462 e. The maximum atomic E-state index is 13.7. The molecule has 1 fully saturated rings. The second kappa shape index (κ2) is 9.30. The predicted octanol–water partition coefficient (Wildman–Crippen LogP) is 2.59. The molecule has 2 aromatic rings. The van der Waals surface area contributed by atoms with Crippen LogP contribution < -0.4 is 14.8 Å². The standard InChI is InChI=1S/C23H29N3O7S/c1-5-31-23(28)20-14(2)25(4)15(3)21(20)34(29,30)26-10-6-7-16(12-26)22(27)24-17-8-9-18-19(11-17)33-13-32-18/h8-9,11,16H,5-7,10,12-13H2,1-4H3,(H,24,27)/t16-/m1/s1. The van der Waals surface area contributed by atoms with Gasteiger partial charge in [0, 0.05) is 43.3 Å². The van der Waals surface area contributed by atoms with Crippen LogP contribution in [0.25, 0.3) is 0 Å². The van der Waals surface area contributed by atoms with Crippen LogP contribution in [0.4, 0.5) is 5.69 Å². The van der Waals surface area contributed by atoms with E-state index in [1.165, 1.54) is 4.31 Å². The second-order valence-corrected chi connectivity index (χ2v) is 10.3. The van der Waals surface area contributed by atoms with E-state index in [0.29, 0.717) is 41.4 Å². The van der Waals surface area contributed by atoms with Crippen molar-refractivity contribution in [1.82, 2.24) is 8.87 Å². The SMILES string of the molecule is CCOC(=O)c1c(S(=O)(=O)N2CCC[C@@H](C(=O)Nc3ccc4c(c3)OCO4)C2)c(C)n(C)c1C. The van der Waals surface area contributed by atoms with Crippen LogP contribution in [-0.2, 0) is 26.6 Å². The first-order valence-corrected chi connectivity index (χ1v) is 12.6. The van der Waals surface area contributed by atoms with E-state index >= 15 is 0 Å². The van der Waals surface area contributed by atoms with E-state index in [2.05, 4.69) is 5.32 Å². The van der Waals surface area contributed by atoms with E-state index in [9.17, 15) is 18.0 Å². The molecule has 11 heteroatoms. The third-order valence-corrected chi connectivity index (χ3v) is 8.42. The summed E-state index contributed by atoms with van der Waals surface area (Å²) in [7, 11) is -2.33. The smallest absolute Gasteiger partial charge is 0.341 e. The van der Waals surface area contributed by atoms with Crippen LogP contribution in [-0.4, -0.2) is 55.7 Å². The molecule has 10 nitrogen and oxygen atoms in total. The lowest BCUT2D eigenvalue weighted by atomic mass is 9.98. The van der Waals surface area contributed by atoms with Crippen LogP contribution in [0.1, 0.15) is 41.5 Å². The monoisotopic (exact) mass is 491 g/mol. The van der Waals surface area contributed by atoms with Crippen LogP contribution in [0.15, 0.2) is 23.1 Å². The molecule has 2 aliphatic rings. The van der Waals surface area contributed by atoms with Crippen molar-refractivity contribution in [2.45, 2.75) is 38.5 Å². The first kappa shape index (κ1) is 24.1. The summed E-state index contributed by atoms with van der Waals surface area (Å²) in [6, 6.07) is 5.11. The molecule has 4 rings (SSSR count). The Bertz CT molecular complexity index is 1240. The highest BCUT2D eigenvalue weighted by molar-refractivity contribution is 7.89. The van der Waals surface area contributed by atoms with Gasteiger partial charge in [-0.2, -0.15) is 4.31 Å². The van der Waals surface area contributed by atoms with Crippen molar-refractivity contribution in [1.29, 1.82) is 0 Å². The van der Waals surface area contributed by atoms with E-state index < -0.39 is 21.9 Å². The normalized spacial score (nSPS) is 18.1. The van der Waals surface area contributed by atoms with Gasteiger partial charge in [-0.3, -0.25) is 4.79 Å². The average molecular weight is 492 g/mol. The number of hydrogen-bond donors (Lipinski definition) is 1. The third kappa shape index (κ3) is 4.25. The number of piperidine rings is 1. The van der Waals surface area contributed by atoms with Crippen molar-refractivity contribution in [3.05, 3.63) is 35.2 Å². The maximum Gasteiger partial charge on any atom is 0.341 e. The number of amides is 1. The number of benzene rings is 1. The van der Waals surface area contributed by atoms with Gasteiger partial charge in [-0.1, -0.05) is 0 Å². The van der Waals surface area contributed by atoms with Crippen LogP contribution in [0, 0.1) is 19.8 Å². The third-order valence-electron chi connectivity index (χ3n) is 6.40. The molecule has 1 aromatic heterocycles. The Kier molecular flexibility index (Phi) is 6.59. The summed E-state index contributed by atoms with van der Waals surface area (Å²) in [6.07, 6.45) is 1.08. The van der Waals surface area contributed by atoms with E-state index in [0.717, 1.165) is 0 Å².